The first-order valence-electron chi connectivity index (χ1n) is 6.18. The van der Waals surface area contributed by atoms with Crippen LogP contribution in [0, 0.1) is 5.92 Å². The SMILES string of the molecule is O=C(NCC1CC1)c1nc2ccccc2c(Cl)c1Br. The number of nitrogens with one attached hydrogen (secondary N) is 1. The Balaban J connectivity index is 1.97. The van der Waals surface area contributed by atoms with E-state index < -0.39 is 0 Å². The summed E-state index contributed by atoms with van der Waals surface area (Å²) in [6.45, 7) is 0.720. The van der Waals surface area contributed by atoms with Gasteiger partial charge in [0, 0.05) is 11.9 Å². The van der Waals surface area contributed by atoms with Crippen LogP contribution in [0.3, 0.4) is 0 Å². The Hall–Kier alpha value is -1.13. The second kappa shape index (κ2) is 5.10. The molecule has 98 valence electrons. The predicted molar refractivity (Wildman–Crippen MR) is 79.5 cm³/mol. The van der Waals surface area contributed by atoms with Crippen molar-refractivity contribution >= 4 is 44.3 Å². The lowest BCUT2D eigenvalue weighted by atomic mass is 10.2. The Morgan fingerprint density at radius 2 is 2.16 bits per heavy atom. The van der Waals surface area contributed by atoms with Gasteiger partial charge in [-0.3, -0.25) is 4.79 Å². The van der Waals surface area contributed by atoms with Crippen LogP contribution in [-0.4, -0.2) is 17.4 Å². The van der Waals surface area contributed by atoms with Crippen molar-refractivity contribution in [1.29, 1.82) is 0 Å². The van der Waals surface area contributed by atoms with Crippen LogP contribution in [0.2, 0.25) is 5.02 Å². The van der Waals surface area contributed by atoms with Gasteiger partial charge in [0.25, 0.3) is 5.91 Å². The van der Waals surface area contributed by atoms with E-state index in [2.05, 4.69) is 26.2 Å². The molecule has 1 saturated carbocycles. The van der Waals surface area contributed by atoms with Gasteiger partial charge in [-0.25, -0.2) is 4.98 Å². The Morgan fingerprint density at radius 1 is 1.42 bits per heavy atom. The topological polar surface area (TPSA) is 42.0 Å². The second-order valence-electron chi connectivity index (χ2n) is 4.76. The van der Waals surface area contributed by atoms with E-state index >= 15 is 0 Å². The third-order valence-electron chi connectivity index (χ3n) is 3.24. The number of carbonyl (C=O) groups excluding carboxylic acids is 1. The maximum Gasteiger partial charge on any atom is 0.271 e. The highest BCUT2D eigenvalue weighted by molar-refractivity contribution is 9.10. The molecule has 1 aliphatic rings. The highest BCUT2D eigenvalue weighted by Crippen LogP contribution is 2.32. The van der Waals surface area contributed by atoms with E-state index in [1.165, 1.54) is 12.8 Å². The summed E-state index contributed by atoms with van der Waals surface area (Å²) < 4.78 is 0.557. The van der Waals surface area contributed by atoms with Crippen LogP contribution < -0.4 is 5.32 Å². The number of aromatic nitrogens is 1. The molecular formula is C14H12BrClN2O. The van der Waals surface area contributed by atoms with Crippen LogP contribution >= 0.6 is 27.5 Å². The Kier molecular flexibility index (Phi) is 3.46. The lowest BCUT2D eigenvalue weighted by Crippen LogP contribution is -2.26. The van der Waals surface area contributed by atoms with Crippen LogP contribution in [0.4, 0.5) is 0 Å². The van der Waals surface area contributed by atoms with Gasteiger partial charge in [-0.2, -0.15) is 0 Å². The lowest BCUT2D eigenvalue weighted by molar-refractivity contribution is 0.0946. The summed E-state index contributed by atoms with van der Waals surface area (Å²) in [5, 5.41) is 4.28. The minimum atomic E-state index is -0.175. The van der Waals surface area contributed by atoms with E-state index in [0.717, 1.165) is 17.4 Å². The third kappa shape index (κ3) is 2.60. The summed E-state index contributed by atoms with van der Waals surface area (Å²) in [6.07, 6.45) is 2.40. The van der Waals surface area contributed by atoms with E-state index in [4.69, 9.17) is 11.6 Å². The quantitative estimate of drug-likeness (QED) is 0.924. The molecule has 5 heteroatoms. The molecule has 2 aromatic rings. The summed E-state index contributed by atoms with van der Waals surface area (Å²) >= 11 is 9.65. The summed E-state index contributed by atoms with van der Waals surface area (Å²) in [5.41, 5.74) is 1.08. The number of benzene rings is 1. The number of pyridine rings is 1. The van der Waals surface area contributed by atoms with Crippen molar-refractivity contribution < 1.29 is 4.79 Å². The number of amides is 1. The molecular weight excluding hydrogens is 328 g/mol. The smallest absolute Gasteiger partial charge is 0.271 e. The van der Waals surface area contributed by atoms with Gasteiger partial charge in [-0.15, -0.1) is 0 Å². The van der Waals surface area contributed by atoms with E-state index in [9.17, 15) is 4.79 Å². The van der Waals surface area contributed by atoms with Gasteiger partial charge >= 0.3 is 0 Å². The van der Waals surface area contributed by atoms with Crippen molar-refractivity contribution in [1.82, 2.24) is 10.3 Å². The zero-order valence-electron chi connectivity index (χ0n) is 10.1. The van der Waals surface area contributed by atoms with Crippen molar-refractivity contribution in [3.63, 3.8) is 0 Å². The van der Waals surface area contributed by atoms with Crippen LogP contribution in [0.15, 0.2) is 28.7 Å². The van der Waals surface area contributed by atoms with Gasteiger partial charge in [0.1, 0.15) is 5.69 Å². The molecule has 1 heterocycles. The molecule has 1 fully saturated rings. The Bertz CT molecular complexity index is 655. The number of para-hydroxylation sites is 1. The van der Waals surface area contributed by atoms with Crippen molar-refractivity contribution in [3.8, 4) is 0 Å². The van der Waals surface area contributed by atoms with Crippen molar-refractivity contribution in [2.45, 2.75) is 12.8 Å². The molecule has 1 aromatic carbocycles. The van der Waals surface area contributed by atoms with Gasteiger partial charge in [0.05, 0.1) is 15.0 Å². The minimum Gasteiger partial charge on any atom is -0.350 e. The highest BCUT2D eigenvalue weighted by Gasteiger charge is 2.23. The number of hydrogen-bond acceptors (Lipinski definition) is 2. The minimum absolute atomic E-state index is 0.175. The van der Waals surface area contributed by atoms with Gasteiger partial charge in [0.2, 0.25) is 0 Å². The summed E-state index contributed by atoms with van der Waals surface area (Å²) in [4.78, 5) is 16.5. The average molecular weight is 340 g/mol. The first kappa shape index (κ1) is 12.9. The first-order chi connectivity index (χ1) is 9.16. The van der Waals surface area contributed by atoms with E-state index in [1.807, 2.05) is 24.3 Å². The average Bonchev–Trinajstić information content (AvgIpc) is 3.24. The van der Waals surface area contributed by atoms with Crippen LogP contribution in [-0.2, 0) is 0 Å². The van der Waals surface area contributed by atoms with Crippen LogP contribution in [0.5, 0.6) is 0 Å². The monoisotopic (exact) mass is 338 g/mol. The number of carbonyl (C=O) groups is 1. The maximum absolute atomic E-state index is 12.1. The fraction of sp³-hybridized carbons (Fsp3) is 0.286. The Labute approximate surface area is 124 Å². The fourth-order valence-corrected chi connectivity index (χ4v) is 2.67. The van der Waals surface area contributed by atoms with Crippen LogP contribution in [0.25, 0.3) is 10.9 Å². The highest BCUT2D eigenvalue weighted by atomic mass is 79.9. The molecule has 3 nitrogen and oxygen atoms in total. The summed E-state index contributed by atoms with van der Waals surface area (Å²) in [6, 6.07) is 7.52. The standard InChI is InChI=1S/C14H12BrClN2O/c15-11-12(16)9-3-1-2-4-10(9)18-13(11)14(19)17-7-8-5-6-8/h1-4,8H,5-7H2,(H,17,19). The molecule has 1 aliphatic carbocycles. The molecule has 1 amide bonds. The molecule has 0 radical (unpaired) electrons. The number of rotatable bonds is 3. The van der Waals surface area contributed by atoms with Crippen molar-refractivity contribution in [3.05, 3.63) is 39.5 Å². The van der Waals surface area contributed by atoms with Crippen molar-refractivity contribution in [2.24, 2.45) is 5.92 Å². The summed E-state index contributed by atoms with van der Waals surface area (Å²) in [5.74, 6) is 0.463. The van der Waals surface area contributed by atoms with Gasteiger partial charge < -0.3 is 5.32 Å². The zero-order valence-corrected chi connectivity index (χ0v) is 12.5. The van der Waals surface area contributed by atoms with Gasteiger partial charge in [-0.1, -0.05) is 29.8 Å². The third-order valence-corrected chi connectivity index (χ3v) is 4.63. The molecule has 0 bridgehead atoms. The van der Waals surface area contributed by atoms with Crippen LogP contribution in [0.1, 0.15) is 23.3 Å². The number of halogens is 2. The lowest BCUT2D eigenvalue weighted by Gasteiger charge is -2.09. The zero-order chi connectivity index (χ0) is 13.4. The molecule has 3 rings (SSSR count). The number of fused-ring (bicyclic) bond motifs is 1. The first-order valence-corrected chi connectivity index (χ1v) is 7.36. The molecule has 1 aromatic heterocycles. The normalized spacial score (nSPS) is 14.6. The predicted octanol–water partition coefficient (Wildman–Crippen LogP) is 3.79. The molecule has 0 saturated heterocycles. The number of nitrogens with zero attached hydrogens (tertiary/aromatic N) is 1. The fourth-order valence-electron chi connectivity index (χ4n) is 1.94. The second-order valence-corrected chi connectivity index (χ2v) is 5.93. The van der Waals surface area contributed by atoms with Gasteiger partial charge in [0.15, 0.2) is 0 Å². The number of hydrogen-bond donors (Lipinski definition) is 1. The van der Waals surface area contributed by atoms with Gasteiger partial charge in [-0.05, 0) is 40.8 Å². The molecule has 0 aliphatic heterocycles. The summed E-state index contributed by atoms with van der Waals surface area (Å²) in [7, 11) is 0. The van der Waals surface area contributed by atoms with E-state index in [1.54, 1.807) is 0 Å². The Morgan fingerprint density at radius 3 is 2.89 bits per heavy atom. The van der Waals surface area contributed by atoms with E-state index in [-0.39, 0.29) is 5.91 Å². The molecule has 0 unspecified atom stereocenters. The molecule has 19 heavy (non-hydrogen) atoms. The van der Waals surface area contributed by atoms with Crippen molar-refractivity contribution in [2.75, 3.05) is 6.54 Å². The largest absolute Gasteiger partial charge is 0.350 e. The van der Waals surface area contributed by atoms with E-state index in [0.29, 0.717) is 21.1 Å². The maximum atomic E-state index is 12.1. The molecule has 0 spiro atoms. The molecule has 1 N–H and O–H groups in total. The molecule has 0 atom stereocenters.